The van der Waals surface area contributed by atoms with Crippen LogP contribution in [0.3, 0.4) is 0 Å². The number of aromatic nitrogens is 2. The summed E-state index contributed by atoms with van der Waals surface area (Å²) in [6.45, 7) is 3.00. The molecule has 6 nitrogen and oxygen atoms in total. The van der Waals surface area contributed by atoms with Crippen molar-refractivity contribution in [2.75, 3.05) is 43.4 Å². The summed E-state index contributed by atoms with van der Waals surface area (Å²) < 4.78 is 1.20. The van der Waals surface area contributed by atoms with Crippen molar-refractivity contribution in [3.8, 4) is 0 Å². The summed E-state index contributed by atoms with van der Waals surface area (Å²) >= 11 is 1.71. The van der Waals surface area contributed by atoms with Crippen molar-refractivity contribution in [3.05, 3.63) is 48.2 Å². The van der Waals surface area contributed by atoms with E-state index in [4.69, 9.17) is 4.98 Å². The number of hydrogen-bond donors (Lipinski definition) is 1. The zero-order valence-corrected chi connectivity index (χ0v) is 14.8. The van der Waals surface area contributed by atoms with E-state index in [1.165, 1.54) is 4.70 Å². The molecule has 7 heteroatoms. The van der Waals surface area contributed by atoms with Crippen LogP contribution in [0.25, 0.3) is 10.2 Å². The third-order valence-corrected chi connectivity index (χ3v) is 5.48. The lowest BCUT2D eigenvalue weighted by Crippen LogP contribution is -2.48. The van der Waals surface area contributed by atoms with Crippen LogP contribution in [-0.4, -0.2) is 54.0 Å². The lowest BCUT2D eigenvalue weighted by Gasteiger charge is -2.34. The largest absolute Gasteiger partial charge is 0.373 e. The second kappa shape index (κ2) is 6.68. The first kappa shape index (κ1) is 15.8. The second-order valence-electron chi connectivity index (χ2n) is 5.92. The van der Waals surface area contributed by atoms with Crippen LogP contribution in [-0.2, 0) is 0 Å². The summed E-state index contributed by atoms with van der Waals surface area (Å²) in [5.74, 6) is 0.766. The van der Waals surface area contributed by atoms with Gasteiger partial charge in [0, 0.05) is 45.0 Å². The first-order valence-electron chi connectivity index (χ1n) is 8.28. The highest BCUT2D eigenvalue weighted by molar-refractivity contribution is 7.22. The molecule has 2 aromatic heterocycles. The number of thiazole rings is 1. The molecular formula is C18H19N5OS. The van der Waals surface area contributed by atoms with E-state index in [1.54, 1.807) is 36.7 Å². The number of carbonyl (C=O) groups excluding carboxylic acids is 1. The van der Waals surface area contributed by atoms with Gasteiger partial charge < -0.3 is 15.1 Å². The van der Waals surface area contributed by atoms with E-state index in [-0.39, 0.29) is 5.91 Å². The minimum Gasteiger partial charge on any atom is -0.373 e. The summed E-state index contributed by atoms with van der Waals surface area (Å²) in [5.41, 5.74) is 1.71. The number of rotatable bonds is 3. The number of nitrogens with one attached hydrogen (secondary N) is 1. The van der Waals surface area contributed by atoms with E-state index in [2.05, 4.69) is 21.3 Å². The van der Waals surface area contributed by atoms with Crippen molar-refractivity contribution >= 4 is 38.4 Å². The predicted octanol–water partition coefficient (Wildman–Crippen LogP) is 2.70. The Labute approximate surface area is 150 Å². The van der Waals surface area contributed by atoms with Gasteiger partial charge in [0.2, 0.25) is 0 Å². The number of amides is 1. The highest BCUT2D eigenvalue weighted by Crippen LogP contribution is 2.29. The monoisotopic (exact) mass is 353 g/mol. The third kappa shape index (κ3) is 3.15. The van der Waals surface area contributed by atoms with Gasteiger partial charge in [-0.2, -0.15) is 0 Å². The zero-order chi connectivity index (χ0) is 17.2. The topological polar surface area (TPSA) is 61.4 Å². The van der Waals surface area contributed by atoms with Crippen molar-refractivity contribution in [2.45, 2.75) is 0 Å². The number of anilines is 2. The normalized spacial score (nSPS) is 14.8. The standard InChI is InChI=1S/C18H19N5OS/c1-19-16-12-13(6-7-20-16)17(24)22-8-10-23(11-9-22)18-21-14-4-2-3-5-15(14)25-18/h2-7,12H,8-11H2,1H3,(H,19,20). The number of piperazine rings is 1. The Hall–Kier alpha value is -2.67. The molecule has 1 saturated heterocycles. The highest BCUT2D eigenvalue weighted by Gasteiger charge is 2.24. The average molecular weight is 353 g/mol. The number of pyridine rings is 1. The van der Waals surface area contributed by atoms with Gasteiger partial charge in [0.15, 0.2) is 5.13 Å². The number of nitrogens with zero attached hydrogens (tertiary/aromatic N) is 4. The molecule has 3 heterocycles. The van der Waals surface area contributed by atoms with Gasteiger partial charge in [-0.3, -0.25) is 4.79 Å². The Morgan fingerprint density at radius 3 is 2.72 bits per heavy atom. The van der Waals surface area contributed by atoms with Gasteiger partial charge in [-0.25, -0.2) is 9.97 Å². The van der Waals surface area contributed by atoms with Crippen LogP contribution in [0.5, 0.6) is 0 Å². The van der Waals surface area contributed by atoms with E-state index in [1.807, 2.05) is 23.1 Å². The maximum Gasteiger partial charge on any atom is 0.254 e. The van der Waals surface area contributed by atoms with Crippen molar-refractivity contribution in [2.24, 2.45) is 0 Å². The molecule has 1 aliphatic heterocycles. The molecule has 0 spiro atoms. The van der Waals surface area contributed by atoms with E-state index in [0.717, 1.165) is 23.7 Å². The van der Waals surface area contributed by atoms with Crippen molar-refractivity contribution in [1.82, 2.24) is 14.9 Å². The van der Waals surface area contributed by atoms with E-state index in [9.17, 15) is 4.79 Å². The third-order valence-electron chi connectivity index (χ3n) is 4.38. The predicted molar refractivity (Wildman–Crippen MR) is 102 cm³/mol. The molecule has 128 valence electrons. The van der Waals surface area contributed by atoms with Gasteiger partial charge in [-0.1, -0.05) is 23.5 Å². The average Bonchev–Trinajstić information content (AvgIpc) is 3.12. The van der Waals surface area contributed by atoms with Crippen LogP contribution in [0.4, 0.5) is 10.9 Å². The molecular weight excluding hydrogens is 334 g/mol. The van der Waals surface area contributed by atoms with Crippen LogP contribution in [0, 0.1) is 0 Å². The maximum atomic E-state index is 12.7. The molecule has 1 amide bonds. The smallest absolute Gasteiger partial charge is 0.254 e. The van der Waals surface area contributed by atoms with Crippen molar-refractivity contribution in [3.63, 3.8) is 0 Å². The van der Waals surface area contributed by atoms with Crippen LogP contribution >= 0.6 is 11.3 Å². The molecule has 1 aromatic carbocycles. The van der Waals surface area contributed by atoms with E-state index >= 15 is 0 Å². The zero-order valence-electron chi connectivity index (χ0n) is 14.0. The van der Waals surface area contributed by atoms with Crippen LogP contribution < -0.4 is 10.2 Å². The molecule has 0 radical (unpaired) electrons. The molecule has 4 rings (SSSR count). The molecule has 0 unspecified atom stereocenters. The van der Waals surface area contributed by atoms with Crippen molar-refractivity contribution < 1.29 is 4.79 Å². The van der Waals surface area contributed by atoms with Gasteiger partial charge in [-0.15, -0.1) is 0 Å². The molecule has 1 fully saturated rings. The van der Waals surface area contributed by atoms with Crippen LogP contribution in [0.15, 0.2) is 42.6 Å². The Morgan fingerprint density at radius 1 is 1.16 bits per heavy atom. The molecule has 3 aromatic rings. The number of benzene rings is 1. The summed E-state index contributed by atoms with van der Waals surface area (Å²) in [6, 6.07) is 11.7. The lowest BCUT2D eigenvalue weighted by atomic mass is 10.2. The molecule has 0 aliphatic carbocycles. The molecule has 0 atom stereocenters. The maximum absolute atomic E-state index is 12.7. The summed E-state index contributed by atoms with van der Waals surface area (Å²) in [4.78, 5) is 25.7. The number of carbonyl (C=O) groups is 1. The SMILES string of the molecule is CNc1cc(C(=O)N2CCN(c3nc4ccccc4s3)CC2)ccn1. The van der Waals surface area contributed by atoms with E-state index < -0.39 is 0 Å². The fourth-order valence-corrected chi connectivity index (χ4v) is 4.00. The number of para-hydroxylation sites is 1. The van der Waals surface area contributed by atoms with Crippen molar-refractivity contribution in [1.29, 1.82) is 0 Å². The number of fused-ring (bicyclic) bond motifs is 1. The number of hydrogen-bond acceptors (Lipinski definition) is 6. The minimum absolute atomic E-state index is 0.0582. The Balaban J connectivity index is 1.44. The summed E-state index contributed by atoms with van der Waals surface area (Å²) in [5, 5.41) is 4.01. The van der Waals surface area contributed by atoms with Gasteiger partial charge >= 0.3 is 0 Å². The second-order valence-corrected chi connectivity index (χ2v) is 6.93. The van der Waals surface area contributed by atoms with Crippen LogP contribution in [0.2, 0.25) is 0 Å². The fraction of sp³-hybridized carbons (Fsp3) is 0.278. The Bertz CT molecular complexity index is 868. The first-order chi connectivity index (χ1) is 12.2. The highest BCUT2D eigenvalue weighted by atomic mass is 32.1. The summed E-state index contributed by atoms with van der Waals surface area (Å²) in [7, 11) is 1.80. The molecule has 1 N–H and O–H groups in total. The van der Waals surface area contributed by atoms with Gasteiger partial charge in [0.1, 0.15) is 5.82 Å². The molecule has 0 bridgehead atoms. The Morgan fingerprint density at radius 2 is 1.96 bits per heavy atom. The fourth-order valence-electron chi connectivity index (χ4n) is 2.98. The van der Waals surface area contributed by atoms with Gasteiger partial charge in [-0.05, 0) is 24.3 Å². The van der Waals surface area contributed by atoms with Crippen LogP contribution in [0.1, 0.15) is 10.4 Å². The lowest BCUT2D eigenvalue weighted by molar-refractivity contribution is 0.0746. The molecule has 0 saturated carbocycles. The molecule has 25 heavy (non-hydrogen) atoms. The first-order valence-corrected chi connectivity index (χ1v) is 9.10. The van der Waals surface area contributed by atoms with Gasteiger partial charge in [0.05, 0.1) is 10.2 Å². The Kier molecular flexibility index (Phi) is 4.23. The quantitative estimate of drug-likeness (QED) is 0.784. The van der Waals surface area contributed by atoms with Gasteiger partial charge in [0.25, 0.3) is 5.91 Å². The summed E-state index contributed by atoms with van der Waals surface area (Å²) in [6.07, 6.45) is 1.66. The minimum atomic E-state index is 0.0582. The van der Waals surface area contributed by atoms with E-state index in [0.29, 0.717) is 24.5 Å². The molecule has 1 aliphatic rings.